The lowest BCUT2D eigenvalue weighted by Gasteiger charge is -2.17. The van der Waals surface area contributed by atoms with Crippen molar-refractivity contribution in [3.63, 3.8) is 0 Å². The van der Waals surface area contributed by atoms with E-state index in [-0.39, 0.29) is 18.9 Å². The molecule has 1 rings (SSSR count). The Morgan fingerprint density at radius 3 is 2.67 bits per heavy atom. The van der Waals surface area contributed by atoms with Crippen LogP contribution >= 0.6 is 0 Å². The maximum absolute atomic E-state index is 11.9. The normalized spacial score (nSPS) is 10.2. The lowest BCUT2D eigenvalue weighted by molar-refractivity contribution is -0.136. The van der Waals surface area contributed by atoms with Gasteiger partial charge in [-0.25, -0.2) is 4.79 Å². The molecule has 0 aliphatic heterocycles. The summed E-state index contributed by atoms with van der Waals surface area (Å²) in [5.74, 6) is -0.672. The molecule has 1 aromatic rings. The molecule has 0 spiro atoms. The van der Waals surface area contributed by atoms with E-state index in [1.54, 1.807) is 6.08 Å². The van der Waals surface area contributed by atoms with Crippen molar-refractivity contribution in [2.75, 3.05) is 11.9 Å². The Labute approximate surface area is 125 Å². The second-order valence-electron chi connectivity index (χ2n) is 5.05. The number of allylic oxidation sites excluding steroid dienone is 1. The number of nitrogens with one attached hydrogen (secondary N) is 2. The number of hydrogen-bond acceptors (Lipinski definition) is 2. The molecule has 0 saturated heterocycles. The molecule has 3 N–H and O–H groups in total. The van der Waals surface area contributed by atoms with E-state index in [1.165, 1.54) is 0 Å². The lowest BCUT2D eigenvalue weighted by Crippen LogP contribution is -2.31. The van der Waals surface area contributed by atoms with Crippen molar-refractivity contribution in [2.24, 2.45) is 0 Å². The number of aliphatic carboxylic acids is 1. The van der Waals surface area contributed by atoms with Crippen LogP contribution in [-0.4, -0.2) is 23.7 Å². The van der Waals surface area contributed by atoms with Crippen LogP contribution in [0, 0.1) is 0 Å². The van der Waals surface area contributed by atoms with Crippen molar-refractivity contribution in [3.8, 4) is 0 Å². The smallest absolute Gasteiger partial charge is 0.319 e. The number of urea groups is 1. The topological polar surface area (TPSA) is 78.4 Å². The Bertz CT molecular complexity index is 524. The van der Waals surface area contributed by atoms with E-state index in [0.29, 0.717) is 6.42 Å². The van der Waals surface area contributed by atoms with Gasteiger partial charge in [0.25, 0.3) is 0 Å². The highest BCUT2D eigenvalue weighted by Crippen LogP contribution is 2.28. The van der Waals surface area contributed by atoms with Crippen molar-refractivity contribution in [1.82, 2.24) is 5.32 Å². The molecule has 0 radical (unpaired) electrons. The molecule has 0 unspecified atom stereocenters. The fraction of sp³-hybridized carbons (Fsp3) is 0.375. The van der Waals surface area contributed by atoms with Crippen molar-refractivity contribution >= 4 is 17.7 Å². The molecule has 0 heterocycles. The molecule has 5 nitrogen and oxygen atoms in total. The summed E-state index contributed by atoms with van der Waals surface area (Å²) in [7, 11) is 0. The first kappa shape index (κ1) is 16.8. The lowest BCUT2D eigenvalue weighted by atomic mass is 9.96. The molecule has 0 bridgehead atoms. The SMILES string of the molecule is C=CCc1cccc(C(C)C)c1NC(=O)NCCC(=O)O. The first-order valence-electron chi connectivity index (χ1n) is 6.95. The Kier molecular flexibility index (Phi) is 6.46. The highest BCUT2D eigenvalue weighted by molar-refractivity contribution is 5.91. The molecule has 2 amide bonds. The number of carbonyl (C=O) groups is 2. The van der Waals surface area contributed by atoms with Crippen LogP contribution in [0.4, 0.5) is 10.5 Å². The number of benzene rings is 1. The van der Waals surface area contributed by atoms with E-state index < -0.39 is 12.0 Å². The molecule has 5 heteroatoms. The Morgan fingerprint density at radius 2 is 2.10 bits per heavy atom. The predicted octanol–water partition coefficient (Wildman–Crippen LogP) is 3.13. The fourth-order valence-corrected chi connectivity index (χ4v) is 2.02. The average molecular weight is 290 g/mol. The zero-order valence-electron chi connectivity index (χ0n) is 12.5. The minimum absolute atomic E-state index is 0.0985. The second kappa shape index (κ2) is 8.09. The van der Waals surface area contributed by atoms with Gasteiger partial charge in [-0.15, -0.1) is 6.58 Å². The number of carboxylic acid groups (broad SMARTS) is 1. The Balaban J connectivity index is 2.86. The van der Waals surface area contributed by atoms with E-state index >= 15 is 0 Å². The molecule has 0 aromatic heterocycles. The first-order valence-corrected chi connectivity index (χ1v) is 6.95. The van der Waals surface area contributed by atoms with Gasteiger partial charge in [0.15, 0.2) is 0 Å². The zero-order valence-corrected chi connectivity index (χ0v) is 12.5. The monoisotopic (exact) mass is 290 g/mol. The van der Waals surface area contributed by atoms with Gasteiger partial charge >= 0.3 is 12.0 Å². The van der Waals surface area contributed by atoms with E-state index in [9.17, 15) is 9.59 Å². The van der Waals surface area contributed by atoms with E-state index in [4.69, 9.17) is 5.11 Å². The van der Waals surface area contributed by atoms with Gasteiger partial charge in [-0.2, -0.15) is 0 Å². The molecule has 0 saturated carbocycles. The molecule has 1 aromatic carbocycles. The van der Waals surface area contributed by atoms with Gasteiger partial charge in [0.05, 0.1) is 6.42 Å². The summed E-state index contributed by atoms with van der Waals surface area (Å²) in [4.78, 5) is 22.3. The first-order chi connectivity index (χ1) is 9.95. The molecule has 114 valence electrons. The number of hydrogen-bond donors (Lipinski definition) is 3. The van der Waals surface area contributed by atoms with Crippen molar-refractivity contribution in [1.29, 1.82) is 0 Å². The minimum atomic E-state index is -0.940. The highest BCUT2D eigenvalue weighted by Gasteiger charge is 2.13. The summed E-state index contributed by atoms with van der Waals surface area (Å²) in [6.45, 7) is 7.94. The van der Waals surface area contributed by atoms with Gasteiger partial charge in [-0.1, -0.05) is 38.1 Å². The van der Waals surface area contributed by atoms with Crippen molar-refractivity contribution in [2.45, 2.75) is 32.6 Å². The summed E-state index contributed by atoms with van der Waals surface area (Å²) in [5.41, 5.74) is 2.81. The molecular formula is C16H22N2O3. The number of carboxylic acids is 1. The standard InChI is InChI=1S/C16H22N2O3/c1-4-6-12-7-5-8-13(11(2)3)15(12)18-16(21)17-10-9-14(19)20/h4-5,7-8,11H,1,6,9-10H2,2-3H3,(H,19,20)(H2,17,18,21). The number of rotatable bonds is 7. The van der Waals surface area contributed by atoms with Crippen molar-refractivity contribution < 1.29 is 14.7 Å². The fourth-order valence-electron chi connectivity index (χ4n) is 2.02. The third-order valence-corrected chi connectivity index (χ3v) is 3.03. The summed E-state index contributed by atoms with van der Waals surface area (Å²) >= 11 is 0. The van der Waals surface area contributed by atoms with Crippen LogP contribution in [0.15, 0.2) is 30.9 Å². The van der Waals surface area contributed by atoms with E-state index in [2.05, 4.69) is 31.1 Å². The van der Waals surface area contributed by atoms with Crippen LogP contribution in [0.3, 0.4) is 0 Å². The third kappa shape index (κ3) is 5.30. The van der Waals surface area contributed by atoms with Crippen LogP contribution in [0.2, 0.25) is 0 Å². The number of anilines is 1. The zero-order chi connectivity index (χ0) is 15.8. The Hall–Kier alpha value is -2.30. The third-order valence-electron chi connectivity index (χ3n) is 3.03. The summed E-state index contributed by atoms with van der Waals surface area (Å²) in [5, 5.41) is 13.9. The van der Waals surface area contributed by atoms with Gasteiger partial charge in [0.1, 0.15) is 0 Å². The summed E-state index contributed by atoms with van der Waals surface area (Å²) < 4.78 is 0. The van der Waals surface area contributed by atoms with Crippen LogP contribution < -0.4 is 10.6 Å². The molecule has 21 heavy (non-hydrogen) atoms. The van der Waals surface area contributed by atoms with Crippen LogP contribution in [0.1, 0.15) is 37.3 Å². The summed E-state index contributed by atoms with van der Waals surface area (Å²) in [6.07, 6.45) is 2.34. The Morgan fingerprint density at radius 1 is 1.38 bits per heavy atom. The van der Waals surface area contributed by atoms with Gasteiger partial charge in [0, 0.05) is 12.2 Å². The molecule has 0 fully saturated rings. The highest BCUT2D eigenvalue weighted by atomic mass is 16.4. The largest absolute Gasteiger partial charge is 0.481 e. The number of para-hydroxylation sites is 1. The van der Waals surface area contributed by atoms with Gasteiger partial charge in [0.2, 0.25) is 0 Å². The molecule has 0 aliphatic carbocycles. The van der Waals surface area contributed by atoms with Crippen LogP contribution in [0.25, 0.3) is 0 Å². The minimum Gasteiger partial charge on any atom is -0.481 e. The van der Waals surface area contributed by atoms with E-state index in [1.807, 2.05) is 18.2 Å². The van der Waals surface area contributed by atoms with Crippen LogP contribution in [0.5, 0.6) is 0 Å². The van der Waals surface area contributed by atoms with Gasteiger partial charge < -0.3 is 15.7 Å². The van der Waals surface area contributed by atoms with Crippen LogP contribution in [-0.2, 0) is 11.2 Å². The molecule has 0 atom stereocenters. The quantitative estimate of drug-likeness (QED) is 0.675. The van der Waals surface area contributed by atoms with Crippen molar-refractivity contribution in [3.05, 3.63) is 42.0 Å². The second-order valence-corrected chi connectivity index (χ2v) is 5.05. The maximum Gasteiger partial charge on any atom is 0.319 e. The van der Waals surface area contributed by atoms with Gasteiger partial charge in [-0.3, -0.25) is 4.79 Å². The number of carbonyl (C=O) groups excluding carboxylic acids is 1. The maximum atomic E-state index is 11.9. The van der Waals surface area contributed by atoms with Gasteiger partial charge in [-0.05, 0) is 23.5 Å². The molecule has 0 aliphatic rings. The predicted molar refractivity (Wildman–Crippen MR) is 83.7 cm³/mol. The summed E-state index contributed by atoms with van der Waals surface area (Å²) in [6, 6.07) is 5.49. The van der Waals surface area contributed by atoms with E-state index in [0.717, 1.165) is 16.8 Å². The average Bonchev–Trinajstić information content (AvgIpc) is 2.40. The molecular weight excluding hydrogens is 268 g/mol. The number of amides is 2.